The summed E-state index contributed by atoms with van der Waals surface area (Å²) in [4.78, 5) is 3.64. The molecule has 0 N–H and O–H groups in total. The van der Waals surface area contributed by atoms with Crippen LogP contribution in [0.2, 0.25) is 0 Å². The van der Waals surface area contributed by atoms with Gasteiger partial charge in [-0.1, -0.05) is 18.2 Å². The Morgan fingerprint density at radius 2 is 1.75 bits per heavy atom. The molecular formula is C12H8ClF2N. The molecule has 0 radical (unpaired) electrons. The average molecular weight is 240 g/mol. The third kappa shape index (κ3) is 2.04. The number of hydrogen-bond acceptors (Lipinski definition) is 1. The summed E-state index contributed by atoms with van der Waals surface area (Å²) in [6.07, 6.45) is 0. The van der Waals surface area contributed by atoms with Crippen molar-refractivity contribution in [2.75, 3.05) is 0 Å². The van der Waals surface area contributed by atoms with Crippen LogP contribution in [-0.2, 0) is 5.88 Å². The largest absolute Gasteiger partial charge is 0.223 e. The van der Waals surface area contributed by atoms with Gasteiger partial charge in [-0.2, -0.15) is 4.39 Å². The lowest BCUT2D eigenvalue weighted by Crippen LogP contribution is -1.94. The Morgan fingerprint density at radius 1 is 1.00 bits per heavy atom. The first-order valence-corrected chi connectivity index (χ1v) is 5.22. The molecule has 0 spiro atoms. The maximum atomic E-state index is 13.6. The highest BCUT2D eigenvalue weighted by Crippen LogP contribution is 2.24. The molecule has 82 valence electrons. The molecule has 1 aromatic heterocycles. The molecule has 2 rings (SSSR count). The molecule has 0 bridgehead atoms. The molecule has 2 aromatic rings. The number of halogens is 3. The quantitative estimate of drug-likeness (QED) is 0.574. The lowest BCUT2D eigenvalue weighted by Gasteiger charge is -2.05. The van der Waals surface area contributed by atoms with Crippen LogP contribution in [0.15, 0.2) is 36.4 Å². The lowest BCUT2D eigenvalue weighted by atomic mass is 10.1. The van der Waals surface area contributed by atoms with E-state index in [1.165, 1.54) is 18.2 Å². The third-order valence-electron chi connectivity index (χ3n) is 2.21. The molecule has 0 aliphatic heterocycles. The Bertz CT molecular complexity index is 514. The van der Waals surface area contributed by atoms with Gasteiger partial charge in [0.15, 0.2) is 0 Å². The van der Waals surface area contributed by atoms with E-state index < -0.39 is 11.8 Å². The first kappa shape index (κ1) is 11.0. The first-order valence-electron chi connectivity index (χ1n) is 4.68. The molecule has 1 nitrogen and oxygen atoms in total. The summed E-state index contributed by atoms with van der Waals surface area (Å²) >= 11 is 5.53. The van der Waals surface area contributed by atoms with Crippen molar-refractivity contribution < 1.29 is 8.78 Å². The van der Waals surface area contributed by atoms with Gasteiger partial charge in [0.2, 0.25) is 5.95 Å². The van der Waals surface area contributed by atoms with Crippen molar-refractivity contribution in [1.29, 1.82) is 0 Å². The molecule has 0 amide bonds. The van der Waals surface area contributed by atoms with Crippen molar-refractivity contribution in [2.24, 2.45) is 0 Å². The van der Waals surface area contributed by atoms with E-state index in [4.69, 9.17) is 11.6 Å². The van der Waals surface area contributed by atoms with Crippen molar-refractivity contribution in [3.63, 3.8) is 0 Å². The molecule has 1 aromatic carbocycles. The smallest absolute Gasteiger partial charge is 0.221 e. The maximum absolute atomic E-state index is 13.6. The average Bonchev–Trinajstić information content (AvgIpc) is 2.30. The van der Waals surface area contributed by atoms with Gasteiger partial charge in [0.05, 0.1) is 11.6 Å². The summed E-state index contributed by atoms with van der Waals surface area (Å²) < 4.78 is 27.0. The third-order valence-corrected chi connectivity index (χ3v) is 2.48. The Hall–Kier alpha value is -1.48. The normalized spacial score (nSPS) is 10.4. The molecule has 0 fully saturated rings. The minimum Gasteiger partial charge on any atom is -0.223 e. The fourth-order valence-electron chi connectivity index (χ4n) is 1.43. The second-order valence-electron chi connectivity index (χ2n) is 3.25. The molecule has 0 atom stereocenters. The van der Waals surface area contributed by atoms with Gasteiger partial charge >= 0.3 is 0 Å². The maximum Gasteiger partial charge on any atom is 0.221 e. The monoisotopic (exact) mass is 239 g/mol. The topological polar surface area (TPSA) is 12.9 Å². The van der Waals surface area contributed by atoms with Gasteiger partial charge in [0.1, 0.15) is 5.82 Å². The highest BCUT2D eigenvalue weighted by molar-refractivity contribution is 6.16. The molecular weight excluding hydrogens is 232 g/mol. The van der Waals surface area contributed by atoms with Crippen LogP contribution in [0.3, 0.4) is 0 Å². The molecule has 0 unspecified atom stereocenters. The van der Waals surface area contributed by atoms with Crippen molar-refractivity contribution in [3.8, 4) is 11.1 Å². The first-order chi connectivity index (χ1) is 7.72. The fraction of sp³-hybridized carbons (Fsp3) is 0.0833. The van der Waals surface area contributed by atoms with E-state index in [1.54, 1.807) is 18.2 Å². The number of aromatic nitrogens is 1. The van der Waals surface area contributed by atoms with E-state index in [0.717, 1.165) is 0 Å². The summed E-state index contributed by atoms with van der Waals surface area (Å²) in [5.74, 6) is -1.04. The minimum atomic E-state index is -0.705. The fourth-order valence-corrected chi connectivity index (χ4v) is 1.58. The molecule has 16 heavy (non-hydrogen) atoms. The van der Waals surface area contributed by atoms with Crippen molar-refractivity contribution in [2.45, 2.75) is 5.88 Å². The van der Waals surface area contributed by atoms with Crippen LogP contribution in [0, 0.1) is 11.8 Å². The zero-order valence-corrected chi connectivity index (χ0v) is 9.01. The van der Waals surface area contributed by atoms with E-state index in [-0.39, 0.29) is 17.0 Å². The summed E-state index contributed by atoms with van der Waals surface area (Å²) in [5, 5.41) is 0. The van der Waals surface area contributed by atoms with Gasteiger partial charge in [-0.05, 0) is 18.2 Å². The van der Waals surface area contributed by atoms with E-state index in [0.29, 0.717) is 5.69 Å². The minimum absolute atomic E-state index is 0.133. The van der Waals surface area contributed by atoms with Crippen LogP contribution in [0.4, 0.5) is 8.78 Å². The number of pyridine rings is 1. The lowest BCUT2D eigenvalue weighted by molar-refractivity contribution is 0.579. The molecule has 1 heterocycles. The van der Waals surface area contributed by atoms with Crippen LogP contribution < -0.4 is 0 Å². The zero-order chi connectivity index (χ0) is 11.5. The van der Waals surface area contributed by atoms with Gasteiger partial charge in [0.25, 0.3) is 0 Å². The second-order valence-corrected chi connectivity index (χ2v) is 3.52. The standard InChI is InChI=1S/C12H8ClF2N/c13-7-8-5-6-10(12(15)16-8)9-3-1-2-4-11(9)14/h1-6H,7H2. The number of benzene rings is 1. The summed E-state index contributed by atoms with van der Waals surface area (Å²) in [6.45, 7) is 0. The predicted molar refractivity (Wildman–Crippen MR) is 59.1 cm³/mol. The number of alkyl halides is 1. The number of nitrogens with zero attached hydrogens (tertiary/aromatic N) is 1. The zero-order valence-electron chi connectivity index (χ0n) is 8.25. The van der Waals surface area contributed by atoms with Crippen molar-refractivity contribution in [3.05, 3.63) is 53.9 Å². The van der Waals surface area contributed by atoms with Crippen LogP contribution in [0.5, 0.6) is 0 Å². The highest BCUT2D eigenvalue weighted by Gasteiger charge is 2.10. The summed E-state index contributed by atoms with van der Waals surface area (Å²) in [5.41, 5.74) is 0.778. The van der Waals surface area contributed by atoms with Crippen LogP contribution >= 0.6 is 11.6 Å². The number of rotatable bonds is 2. The van der Waals surface area contributed by atoms with Gasteiger partial charge in [-0.15, -0.1) is 11.6 Å². The van der Waals surface area contributed by atoms with Gasteiger partial charge in [0, 0.05) is 11.1 Å². The second kappa shape index (κ2) is 4.58. The Labute approximate surface area is 96.7 Å². The Balaban J connectivity index is 2.53. The summed E-state index contributed by atoms with van der Waals surface area (Å²) in [6, 6.07) is 9.06. The molecule has 4 heteroatoms. The van der Waals surface area contributed by atoms with Crippen LogP contribution in [-0.4, -0.2) is 4.98 Å². The molecule has 0 saturated heterocycles. The number of hydrogen-bond donors (Lipinski definition) is 0. The van der Waals surface area contributed by atoms with Gasteiger partial charge < -0.3 is 0 Å². The van der Waals surface area contributed by atoms with Gasteiger partial charge in [-0.3, -0.25) is 0 Å². The van der Waals surface area contributed by atoms with E-state index in [1.807, 2.05) is 0 Å². The van der Waals surface area contributed by atoms with E-state index in [2.05, 4.69) is 4.98 Å². The van der Waals surface area contributed by atoms with E-state index >= 15 is 0 Å². The molecule has 0 aliphatic rings. The van der Waals surface area contributed by atoms with Crippen LogP contribution in [0.1, 0.15) is 5.69 Å². The van der Waals surface area contributed by atoms with E-state index in [9.17, 15) is 8.78 Å². The van der Waals surface area contributed by atoms with Crippen molar-refractivity contribution >= 4 is 11.6 Å². The molecule has 0 saturated carbocycles. The van der Waals surface area contributed by atoms with Crippen molar-refractivity contribution in [1.82, 2.24) is 4.98 Å². The summed E-state index contributed by atoms with van der Waals surface area (Å²) in [7, 11) is 0. The SMILES string of the molecule is Fc1ccccc1-c1ccc(CCl)nc1F. The molecule has 0 aliphatic carbocycles. The highest BCUT2D eigenvalue weighted by atomic mass is 35.5. The van der Waals surface area contributed by atoms with Gasteiger partial charge in [-0.25, -0.2) is 9.37 Å². The Morgan fingerprint density at radius 3 is 2.38 bits per heavy atom. The van der Waals surface area contributed by atoms with Crippen LogP contribution in [0.25, 0.3) is 11.1 Å². The predicted octanol–water partition coefficient (Wildman–Crippen LogP) is 3.77. The Kier molecular flexibility index (Phi) is 3.15.